The molecule has 0 aromatic heterocycles. The maximum Gasteiger partial charge on any atom is 0.251 e. The van der Waals surface area contributed by atoms with Crippen molar-refractivity contribution in [2.45, 2.75) is 51.3 Å². The van der Waals surface area contributed by atoms with Gasteiger partial charge in [0.15, 0.2) is 0 Å². The van der Waals surface area contributed by atoms with E-state index in [0.717, 1.165) is 5.56 Å². The fourth-order valence-corrected chi connectivity index (χ4v) is 4.69. The Labute approximate surface area is 191 Å². The fraction of sp³-hybridized carbons (Fsp3) is 0.417. The molecule has 0 spiro atoms. The van der Waals surface area contributed by atoms with Gasteiger partial charge in [-0.3, -0.25) is 9.59 Å². The van der Waals surface area contributed by atoms with Crippen LogP contribution < -0.4 is 10.6 Å². The van der Waals surface area contributed by atoms with Crippen LogP contribution in [0.5, 0.6) is 0 Å². The first kappa shape index (κ1) is 25.5. The molecule has 0 aliphatic rings. The van der Waals surface area contributed by atoms with Gasteiger partial charge in [-0.1, -0.05) is 52.8 Å². The molecular weight excluding hydrogens is 426 g/mol. The third-order valence-electron chi connectivity index (χ3n) is 5.11. The van der Waals surface area contributed by atoms with Crippen molar-refractivity contribution in [2.24, 2.45) is 0 Å². The molecule has 0 saturated heterocycles. The minimum Gasteiger partial charge on any atom is -0.352 e. The van der Waals surface area contributed by atoms with Gasteiger partial charge in [0.05, 0.1) is 4.90 Å². The molecule has 7 nitrogen and oxygen atoms in total. The third-order valence-corrected chi connectivity index (χ3v) is 7.16. The summed E-state index contributed by atoms with van der Waals surface area (Å²) in [6.45, 7) is 10.8. The highest BCUT2D eigenvalue weighted by Crippen LogP contribution is 2.22. The minimum atomic E-state index is -3.61. The average Bonchev–Trinajstić information content (AvgIpc) is 2.74. The first-order chi connectivity index (χ1) is 15.0. The summed E-state index contributed by atoms with van der Waals surface area (Å²) in [4.78, 5) is 24.7. The summed E-state index contributed by atoms with van der Waals surface area (Å²) in [5, 5.41) is 5.43. The first-order valence-corrected chi connectivity index (χ1v) is 12.2. The summed E-state index contributed by atoms with van der Waals surface area (Å²) in [7, 11) is -3.61. The van der Waals surface area contributed by atoms with Gasteiger partial charge in [0.2, 0.25) is 15.9 Å². The Kier molecular flexibility index (Phi) is 8.58. The maximum atomic E-state index is 12.7. The molecule has 8 heteroatoms. The molecule has 0 aliphatic carbocycles. The SMILES string of the molecule is CCN(CC)S(=O)(=O)c1cccc(NC(=O)CCNC(=O)c2ccc(C(C)(C)C)cc2)c1. The van der Waals surface area contributed by atoms with Crippen LogP contribution in [0.15, 0.2) is 53.4 Å². The van der Waals surface area contributed by atoms with E-state index < -0.39 is 10.0 Å². The largest absolute Gasteiger partial charge is 0.352 e. The number of rotatable bonds is 9. The van der Waals surface area contributed by atoms with Gasteiger partial charge in [-0.15, -0.1) is 0 Å². The summed E-state index contributed by atoms with van der Waals surface area (Å²) in [5.74, 6) is -0.559. The topological polar surface area (TPSA) is 95.6 Å². The molecule has 2 aromatic carbocycles. The van der Waals surface area contributed by atoms with E-state index in [4.69, 9.17) is 0 Å². The fourth-order valence-electron chi connectivity index (χ4n) is 3.18. The van der Waals surface area contributed by atoms with Crippen molar-refractivity contribution in [2.75, 3.05) is 25.0 Å². The van der Waals surface area contributed by atoms with Crippen molar-refractivity contribution in [1.29, 1.82) is 0 Å². The second-order valence-electron chi connectivity index (χ2n) is 8.50. The Balaban J connectivity index is 1.91. The van der Waals surface area contributed by atoms with Crippen molar-refractivity contribution < 1.29 is 18.0 Å². The number of hydrogen-bond donors (Lipinski definition) is 2. The summed E-state index contributed by atoms with van der Waals surface area (Å²) in [6, 6.07) is 13.6. The third kappa shape index (κ3) is 6.64. The molecule has 0 aliphatic heterocycles. The monoisotopic (exact) mass is 459 g/mol. The lowest BCUT2D eigenvalue weighted by Gasteiger charge is -2.19. The van der Waals surface area contributed by atoms with Crippen LogP contribution in [0, 0.1) is 0 Å². The standard InChI is InChI=1S/C24H33N3O4S/c1-6-27(7-2)32(30,31)21-10-8-9-20(17-21)26-22(28)15-16-25-23(29)18-11-13-19(14-12-18)24(3,4)5/h8-14,17H,6-7,15-16H2,1-5H3,(H,25,29)(H,26,28). The quantitative estimate of drug-likeness (QED) is 0.597. The smallest absolute Gasteiger partial charge is 0.251 e. The van der Waals surface area contributed by atoms with Gasteiger partial charge in [0, 0.05) is 37.3 Å². The van der Waals surface area contributed by atoms with E-state index in [0.29, 0.717) is 24.3 Å². The maximum absolute atomic E-state index is 12.7. The highest BCUT2D eigenvalue weighted by molar-refractivity contribution is 7.89. The molecule has 0 radical (unpaired) electrons. The van der Waals surface area contributed by atoms with E-state index in [1.807, 2.05) is 12.1 Å². The number of carbonyl (C=O) groups is 2. The van der Waals surface area contributed by atoms with Gasteiger partial charge in [-0.2, -0.15) is 4.31 Å². The number of hydrogen-bond acceptors (Lipinski definition) is 4. The van der Waals surface area contributed by atoms with E-state index in [-0.39, 0.29) is 35.1 Å². The molecule has 2 amide bonds. The second-order valence-corrected chi connectivity index (χ2v) is 10.4. The molecule has 0 bridgehead atoms. The average molecular weight is 460 g/mol. The lowest BCUT2D eigenvalue weighted by atomic mass is 9.87. The Bertz CT molecular complexity index is 1040. The minimum absolute atomic E-state index is 0.00902. The molecule has 0 heterocycles. The van der Waals surface area contributed by atoms with Crippen LogP contribution in [-0.4, -0.2) is 44.2 Å². The van der Waals surface area contributed by atoms with Gasteiger partial charge < -0.3 is 10.6 Å². The van der Waals surface area contributed by atoms with Crippen LogP contribution in [0.4, 0.5) is 5.69 Å². The Morgan fingerprint density at radius 2 is 1.59 bits per heavy atom. The van der Waals surface area contributed by atoms with E-state index in [1.165, 1.54) is 16.4 Å². The molecule has 0 fully saturated rings. The number of benzene rings is 2. The summed E-state index contributed by atoms with van der Waals surface area (Å²) >= 11 is 0. The lowest BCUT2D eigenvalue weighted by molar-refractivity contribution is -0.116. The zero-order valence-electron chi connectivity index (χ0n) is 19.4. The summed E-state index contributed by atoms with van der Waals surface area (Å²) in [5.41, 5.74) is 2.08. The molecule has 32 heavy (non-hydrogen) atoms. The molecular formula is C24H33N3O4S. The zero-order chi connectivity index (χ0) is 23.9. The van der Waals surface area contributed by atoms with Gasteiger partial charge in [-0.05, 0) is 41.3 Å². The zero-order valence-corrected chi connectivity index (χ0v) is 20.3. The molecule has 2 aromatic rings. The Morgan fingerprint density at radius 3 is 2.16 bits per heavy atom. The van der Waals surface area contributed by atoms with E-state index in [9.17, 15) is 18.0 Å². The number of sulfonamides is 1. The van der Waals surface area contributed by atoms with Crippen molar-refractivity contribution >= 4 is 27.5 Å². The highest BCUT2D eigenvalue weighted by atomic mass is 32.2. The molecule has 0 saturated carbocycles. The van der Waals surface area contributed by atoms with Crippen LogP contribution in [-0.2, 0) is 20.2 Å². The summed E-state index contributed by atoms with van der Waals surface area (Å²) in [6.07, 6.45) is 0.0683. The van der Waals surface area contributed by atoms with Gasteiger partial charge in [0.1, 0.15) is 0 Å². The molecule has 2 N–H and O–H groups in total. The molecule has 174 valence electrons. The number of carbonyl (C=O) groups excluding carboxylic acids is 2. The number of amides is 2. The Morgan fingerprint density at radius 1 is 0.969 bits per heavy atom. The molecule has 0 atom stereocenters. The van der Waals surface area contributed by atoms with E-state index in [1.54, 1.807) is 38.1 Å². The number of anilines is 1. The van der Waals surface area contributed by atoms with Gasteiger partial charge in [0.25, 0.3) is 5.91 Å². The number of nitrogens with zero attached hydrogens (tertiary/aromatic N) is 1. The van der Waals surface area contributed by atoms with Crippen molar-refractivity contribution in [1.82, 2.24) is 9.62 Å². The first-order valence-electron chi connectivity index (χ1n) is 10.8. The van der Waals surface area contributed by atoms with E-state index in [2.05, 4.69) is 31.4 Å². The predicted octanol–water partition coefficient (Wildman–Crippen LogP) is 3.77. The van der Waals surface area contributed by atoms with Crippen LogP contribution >= 0.6 is 0 Å². The number of nitrogens with one attached hydrogen (secondary N) is 2. The van der Waals surface area contributed by atoms with E-state index >= 15 is 0 Å². The Hall–Kier alpha value is -2.71. The summed E-state index contributed by atoms with van der Waals surface area (Å²) < 4.78 is 26.7. The van der Waals surface area contributed by atoms with Crippen molar-refractivity contribution in [3.63, 3.8) is 0 Å². The van der Waals surface area contributed by atoms with Crippen molar-refractivity contribution in [3.8, 4) is 0 Å². The van der Waals surface area contributed by atoms with Gasteiger partial charge in [-0.25, -0.2) is 8.42 Å². The van der Waals surface area contributed by atoms with Crippen LogP contribution in [0.3, 0.4) is 0 Å². The molecule has 2 rings (SSSR count). The van der Waals surface area contributed by atoms with Crippen molar-refractivity contribution in [3.05, 3.63) is 59.7 Å². The predicted molar refractivity (Wildman–Crippen MR) is 127 cm³/mol. The van der Waals surface area contributed by atoms with Gasteiger partial charge >= 0.3 is 0 Å². The van der Waals surface area contributed by atoms with Crippen LogP contribution in [0.25, 0.3) is 0 Å². The highest BCUT2D eigenvalue weighted by Gasteiger charge is 2.22. The van der Waals surface area contributed by atoms with Crippen LogP contribution in [0.1, 0.15) is 57.0 Å². The molecule has 0 unspecified atom stereocenters. The second kappa shape index (κ2) is 10.7. The normalized spacial score (nSPS) is 11.9. The lowest BCUT2D eigenvalue weighted by Crippen LogP contribution is -2.30. The van der Waals surface area contributed by atoms with Crippen LogP contribution in [0.2, 0.25) is 0 Å².